The molecule has 0 spiro atoms. The van der Waals surface area contributed by atoms with Crippen LogP contribution in [0.4, 0.5) is 0 Å². The molecule has 2 aliphatic carbocycles. The Morgan fingerprint density at radius 1 is 1.27 bits per heavy atom. The van der Waals surface area contributed by atoms with Crippen LogP contribution in [-0.2, 0) is 22.4 Å². The number of phenolic OH excluding ortho intramolecular Hbond substituents is 1. The predicted molar refractivity (Wildman–Crippen MR) is 100 cm³/mol. The number of benzene rings is 1. The molecule has 0 saturated heterocycles. The minimum Gasteiger partial charge on any atom is -0.508 e. The van der Waals surface area contributed by atoms with Gasteiger partial charge in [0.05, 0.1) is 0 Å². The highest BCUT2D eigenvalue weighted by atomic mass is 16.4. The zero-order valence-electron chi connectivity index (χ0n) is 15.8. The average molecular weight is 358 g/mol. The Hall–Kier alpha value is -1.84. The van der Waals surface area contributed by atoms with E-state index in [9.17, 15) is 14.7 Å². The summed E-state index contributed by atoms with van der Waals surface area (Å²) in [5.74, 6) is 1.02. The van der Waals surface area contributed by atoms with Crippen LogP contribution in [0.2, 0.25) is 0 Å². The number of carboxylic acids is 1. The van der Waals surface area contributed by atoms with Crippen molar-refractivity contribution in [2.75, 3.05) is 0 Å². The molecule has 0 aliphatic heterocycles. The molecule has 1 fully saturated rings. The van der Waals surface area contributed by atoms with E-state index in [1.54, 1.807) is 6.07 Å². The number of carbonyl (C=O) groups is 2. The Morgan fingerprint density at radius 2 is 2.04 bits per heavy atom. The number of Topliss-reactive ketones (excluding diaryl/α,β-unsaturated/α-hetero) is 1. The van der Waals surface area contributed by atoms with Crippen LogP contribution < -0.4 is 0 Å². The molecule has 1 aromatic carbocycles. The van der Waals surface area contributed by atoms with Crippen molar-refractivity contribution < 1.29 is 19.8 Å². The van der Waals surface area contributed by atoms with Gasteiger partial charge < -0.3 is 10.2 Å². The van der Waals surface area contributed by atoms with Gasteiger partial charge in [0.25, 0.3) is 0 Å². The topological polar surface area (TPSA) is 74.6 Å². The third kappa shape index (κ3) is 3.51. The number of carbonyl (C=O) groups excluding carboxylic acids is 1. The van der Waals surface area contributed by atoms with Crippen molar-refractivity contribution in [3.05, 3.63) is 29.3 Å². The van der Waals surface area contributed by atoms with Crippen LogP contribution in [0.15, 0.2) is 18.2 Å². The lowest BCUT2D eigenvalue weighted by Gasteiger charge is -2.40. The largest absolute Gasteiger partial charge is 0.508 e. The molecule has 4 nitrogen and oxygen atoms in total. The molecule has 1 aromatic rings. The van der Waals surface area contributed by atoms with Gasteiger partial charge in [0.1, 0.15) is 11.5 Å². The Kier molecular flexibility index (Phi) is 5.40. The third-order valence-electron chi connectivity index (χ3n) is 6.99. The van der Waals surface area contributed by atoms with Crippen LogP contribution in [0.1, 0.15) is 63.5 Å². The lowest BCUT2D eigenvalue weighted by molar-refractivity contribution is -0.137. The highest BCUT2D eigenvalue weighted by Gasteiger charge is 2.52. The van der Waals surface area contributed by atoms with Gasteiger partial charge in [-0.1, -0.05) is 19.9 Å². The molecule has 0 heterocycles. The number of phenols is 1. The molecule has 142 valence electrons. The normalized spacial score (nSPS) is 31.0. The van der Waals surface area contributed by atoms with Gasteiger partial charge in [-0.05, 0) is 79.5 Å². The van der Waals surface area contributed by atoms with Crippen LogP contribution in [0.5, 0.6) is 5.75 Å². The second-order valence-corrected chi connectivity index (χ2v) is 8.43. The van der Waals surface area contributed by atoms with E-state index in [4.69, 9.17) is 5.11 Å². The van der Waals surface area contributed by atoms with Crippen molar-refractivity contribution >= 4 is 11.8 Å². The number of aryl methyl sites for hydroxylation is 1. The monoisotopic (exact) mass is 358 g/mol. The van der Waals surface area contributed by atoms with Gasteiger partial charge in [-0.2, -0.15) is 0 Å². The summed E-state index contributed by atoms with van der Waals surface area (Å²) in [6.45, 7) is 4.24. The van der Waals surface area contributed by atoms with Crippen LogP contribution in [0.25, 0.3) is 0 Å². The highest BCUT2D eigenvalue weighted by Crippen LogP contribution is 2.54. The Labute approximate surface area is 155 Å². The molecule has 0 bridgehead atoms. The van der Waals surface area contributed by atoms with Gasteiger partial charge in [-0.25, -0.2) is 0 Å². The van der Waals surface area contributed by atoms with E-state index in [-0.39, 0.29) is 11.8 Å². The Balaban J connectivity index is 1.81. The van der Waals surface area contributed by atoms with E-state index in [1.807, 2.05) is 12.1 Å². The van der Waals surface area contributed by atoms with Gasteiger partial charge in [0.15, 0.2) is 0 Å². The number of hydrogen-bond donors (Lipinski definition) is 2. The maximum Gasteiger partial charge on any atom is 0.303 e. The quantitative estimate of drug-likeness (QED) is 0.792. The third-order valence-corrected chi connectivity index (χ3v) is 6.99. The fraction of sp³-hybridized carbons (Fsp3) is 0.636. The molecule has 0 radical (unpaired) electrons. The molecule has 26 heavy (non-hydrogen) atoms. The van der Waals surface area contributed by atoms with E-state index < -0.39 is 5.97 Å². The van der Waals surface area contributed by atoms with Gasteiger partial charge in [0.2, 0.25) is 0 Å². The van der Waals surface area contributed by atoms with Crippen LogP contribution in [-0.4, -0.2) is 22.0 Å². The molecular formula is C22H30O4. The zero-order valence-corrected chi connectivity index (χ0v) is 15.8. The van der Waals surface area contributed by atoms with Crippen LogP contribution in [0.3, 0.4) is 0 Å². The van der Waals surface area contributed by atoms with Crippen molar-refractivity contribution in [2.45, 2.75) is 65.2 Å². The molecule has 0 unspecified atom stereocenters. The van der Waals surface area contributed by atoms with Crippen LogP contribution in [0, 0.1) is 23.2 Å². The standard InChI is InChI=1S/C22H30O4/c1-3-22(2)19(24)13-16(5-4-6-20(25)26)21(22)17-8-7-15-12-18(23)10-9-14(15)11-17/h9-10,12,16-17,21,23H,3-8,11,13H2,1-2H3,(H,25,26)/t16-,17+,21-,22+/m0/s1. The minimum absolute atomic E-state index is 0.188. The fourth-order valence-electron chi connectivity index (χ4n) is 5.52. The molecular weight excluding hydrogens is 328 g/mol. The second-order valence-electron chi connectivity index (χ2n) is 8.43. The van der Waals surface area contributed by atoms with E-state index in [0.717, 1.165) is 32.1 Å². The smallest absolute Gasteiger partial charge is 0.303 e. The van der Waals surface area contributed by atoms with Crippen molar-refractivity contribution in [1.82, 2.24) is 0 Å². The maximum absolute atomic E-state index is 12.8. The molecule has 0 aromatic heterocycles. The Bertz CT molecular complexity index is 695. The first-order chi connectivity index (χ1) is 12.3. The van der Waals surface area contributed by atoms with Crippen LogP contribution >= 0.6 is 0 Å². The van der Waals surface area contributed by atoms with Crippen molar-refractivity contribution in [2.24, 2.45) is 23.2 Å². The molecule has 2 N–H and O–H groups in total. The minimum atomic E-state index is -0.754. The fourth-order valence-corrected chi connectivity index (χ4v) is 5.52. The van der Waals surface area contributed by atoms with Gasteiger partial charge in [-0.3, -0.25) is 9.59 Å². The Morgan fingerprint density at radius 3 is 2.73 bits per heavy atom. The number of fused-ring (bicyclic) bond motifs is 1. The number of carboxylic acid groups (broad SMARTS) is 1. The lowest BCUT2D eigenvalue weighted by atomic mass is 9.63. The zero-order chi connectivity index (χ0) is 18.9. The summed E-state index contributed by atoms with van der Waals surface area (Å²) in [5.41, 5.74) is 2.24. The van der Waals surface area contributed by atoms with Gasteiger partial charge >= 0.3 is 5.97 Å². The van der Waals surface area contributed by atoms with E-state index in [1.165, 1.54) is 11.1 Å². The lowest BCUT2D eigenvalue weighted by Crippen LogP contribution is -2.37. The molecule has 0 amide bonds. The molecule has 4 heteroatoms. The first kappa shape index (κ1) is 18.9. The van der Waals surface area contributed by atoms with Crippen molar-refractivity contribution in [3.8, 4) is 5.75 Å². The number of ketones is 1. The van der Waals surface area contributed by atoms with E-state index in [2.05, 4.69) is 13.8 Å². The summed E-state index contributed by atoms with van der Waals surface area (Å²) >= 11 is 0. The van der Waals surface area contributed by atoms with Crippen molar-refractivity contribution in [1.29, 1.82) is 0 Å². The number of aromatic hydroxyl groups is 1. The SMILES string of the molecule is CC[C@]1(C)C(=O)C[C@H](CCCC(=O)O)[C@H]1[C@@H]1CCc2cc(O)ccc2C1. The summed E-state index contributed by atoms with van der Waals surface area (Å²) in [7, 11) is 0. The second kappa shape index (κ2) is 7.42. The van der Waals surface area contributed by atoms with Gasteiger partial charge in [-0.15, -0.1) is 0 Å². The summed E-state index contributed by atoms with van der Waals surface area (Å²) in [6, 6.07) is 5.65. The summed E-state index contributed by atoms with van der Waals surface area (Å²) in [6.07, 6.45) is 6.07. The van der Waals surface area contributed by atoms with Gasteiger partial charge in [0, 0.05) is 18.3 Å². The van der Waals surface area contributed by atoms with Crippen molar-refractivity contribution in [3.63, 3.8) is 0 Å². The summed E-state index contributed by atoms with van der Waals surface area (Å²) in [5, 5.41) is 18.7. The summed E-state index contributed by atoms with van der Waals surface area (Å²) in [4.78, 5) is 23.7. The van der Waals surface area contributed by atoms with E-state index in [0.29, 0.717) is 42.1 Å². The highest BCUT2D eigenvalue weighted by molar-refractivity contribution is 5.87. The number of aliphatic carboxylic acids is 1. The average Bonchev–Trinajstić information content (AvgIpc) is 2.85. The molecule has 4 atom stereocenters. The van der Waals surface area contributed by atoms with E-state index >= 15 is 0 Å². The molecule has 2 aliphatic rings. The molecule has 3 rings (SSSR count). The number of rotatable bonds is 6. The predicted octanol–water partition coefficient (Wildman–Crippen LogP) is 4.37. The summed E-state index contributed by atoms with van der Waals surface area (Å²) < 4.78 is 0. The first-order valence-corrected chi connectivity index (χ1v) is 9.91. The number of hydrogen-bond acceptors (Lipinski definition) is 3. The first-order valence-electron chi connectivity index (χ1n) is 9.91. The maximum atomic E-state index is 12.8. The molecule has 1 saturated carbocycles.